The van der Waals surface area contributed by atoms with Gasteiger partial charge in [0.2, 0.25) is 5.91 Å². The first kappa shape index (κ1) is 10.6. The van der Waals surface area contributed by atoms with Gasteiger partial charge >= 0.3 is 0 Å². The predicted molar refractivity (Wildman–Crippen MR) is 51.5 cm³/mol. The minimum atomic E-state index is -0.154. The summed E-state index contributed by atoms with van der Waals surface area (Å²) in [4.78, 5) is 11.0. The lowest BCUT2D eigenvalue weighted by Gasteiger charge is -2.15. The van der Waals surface area contributed by atoms with E-state index in [4.69, 9.17) is 12.6 Å². The standard InChI is InChI=1S/C9H16BNO2/c1-3-9(12)11-5-7-6(2)4-8(10)13-7/h6-8H,3-5H2,1-2H3,(H,11,12). The number of hydrogen-bond acceptors (Lipinski definition) is 2. The van der Waals surface area contributed by atoms with E-state index in [0.717, 1.165) is 6.42 Å². The van der Waals surface area contributed by atoms with Crippen molar-refractivity contribution in [3.63, 3.8) is 0 Å². The van der Waals surface area contributed by atoms with Crippen LogP contribution in [0.5, 0.6) is 0 Å². The molecule has 0 aromatic carbocycles. The fraction of sp³-hybridized carbons (Fsp3) is 0.889. The summed E-state index contributed by atoms with van der Waals surface area (Å²) in [7, 11) is 5.62. The first-order chi connectivity index (χ1) is 6.13. The molecule has 1 aliphatic rings. The maximum absolute atomic E-state index is 11.0. The van der Waals surface area contributed by atoms with Crippen LogP contribution in [0.1, 0.15) is 26.7 Å². The van der Waals surface area contributed by atoms with E-state index in [9.17, 15) is 4.79 Å². The molecule has 1 aliphatic heterocycles. The Labute approximate surface area is 80.6 Å². The molecule has 3 nitrogen and oxygen atoms in total. The highest BCUT2D eigenvalue weighted by Gasteiger charge is 2.28. The third kappa shape index (κ3) is 3.03. The summed E-state index contributed by atoms with van der Waals surface area (Å²) in [6.45, 7) is 4.51. The molecule has 0 aromatic rings. The van der Waals surface area contributed by atoms with Crippen molar-refractivity contribution >= 4 is 13.8 Å². The van der Waals surface area contributed by atoms with Gasteiger partial charge in [-0.3, -0.25) is 4.79 Å². The molecule has 1 fully saturated rings. The second-order valence-corrected chi connectivity index (χ2v) is 3.58. The van der Waals surface area contributed by atoms with Crippen molar-refractivity contribution in [3.8, 4) is 0 Å². The Kier molecular flexibility index (Phi) is 3.79. The SMILES string of the molecule is [B]C1CC(C)C(CNC(=O)CC)O1. The van der Waals surface area contributed by atoms with Crippen molar-refractivity contribution in [3.05, 3.63) is 0 Å². The zero-order chi connectivity index (χ0) is 9.84. The molecule has 13 heavy (non-hydrogen) atoms. The number of hydrogen-bond donors (Lipinski definition) is 1. The van der Waals surface area contributed by atoms with Crippen LogP contribution in [0, 0.1) is 5.92 Å². The third-order valence-corrected chi connectivity index (χ3v) is 2.41. The number of ether oxygens (including phenoxy) is 1. The van der Waals surface area contributed by atoms with Crippen LogP contribution < -0.4 is 5.32 Å². The molecule has 0 spiro atoms. The molecule has 3 unspecified atom stereocenters. The average Bonchev–Trinajstić information content (AvgIpc) is 2.41. The summed E-state index contributed by atoms with van der Waals surface area (Å²) >= 11 is 0. The summed E-state index contributed by atoms with van der Waals surface area (Å²) in [6.07, 6.45) is 1.49. The lowest BCUT2D eigenvalue weighted by molar-refractivity contribution is -0.121. The van der Waals surface area contributed by atoms with E-state index in [2.05, 4.69) is 12.2 Å². The molecule has 0 saturated carbocycles. The number of nitrogens with one attached hydrogen (secondary N) is 1. The van der Waals surface area contributed by atoms with E-state index in [1.807, 2.05) is 6.92 Å². The van der Waals surface area contributed by atoms with Crippen LogP contribution in [0.15, 0.2) is 0 Å². The molecule has 0 bridgehead atoms. The number of carbonyl (C=O) groups excluding carboxylic acids is 1. The topological polar surface area (TPSA) is 38.3 Å². The third-order valence-electron chi connectivity index (χ3n) is 2.41. The molecule has 1 heterocycles. The van der Waals surface area contributed by atoms with Gasteiger partial charge in [0.05, 0.1) is 6.10 Å². The van der Waals surface area contributed by atoms with Crippen LogP contribution in [-0.2, 0) is 9.53 Å². The summed E-state index contributed by atoms with van der Waals surface area (Å²) < 4.78 is 5.43. The minimum Gasteiger partial charge on any atom is -0.383 e. The molecule has 1 saturated heterocycles. The highest BCUT2D eigenvalue weighted by Crippen LogP contribution is 2.23. The van der Waals surface area contributed by atoms with E-state index in [-0.39, 0.29) is 18.0 Å². The second kappa shape index (κ2) is 4.65. The molecule has 4 heteroatoms. The van der Waals surface area contributed by atoms with Crippen molar-refractivity contribution in [2.45, 2.75) is 38.8 Å². The highest BCUT2D eigenvalue weighted by molar-refractivity contribution is 6.11. The number of rotatable bonds is 3. The molecule has 0 aromatic heterocycles. The minimum absolute atomic E-state index is 0.0660. The van der Waals surface area contributed by atoms with E-state index in [0.29, 0.717) is 18.9 Å². The van der Waals surface area contributed by atoms with Gasteiger partial charge in [-0.15, -0.1) is 0 Å². The number of amides is 1. The molecule has 0 aliphatic carbocycles. The molecular formula is C9H16BNO2. The van der Waals surface area contributed by atoms with Crippen molar-refractivity contribution in [1.82, 2.24) is 5.32 Å². The molecule has 72 valence electrons. The van der Waals surface area contributed by atoms with Crippen molar-refractivity contribution in [2.24, 2.45) is 5.92 Å². The summed E-state index contributed by atoms with van der Waals surface area (Å²) in [5.41, 5.74) is 0. The molecule has 3 atom stereocenters. The quantitative estimate of drug-likeness (QED) is 0.641. The van der Waals surface area contributed by atoms with Gasteiger partial charge in [-0.05, 0) is 12.3 Å². The largest absolute Gasteiger partial charge is 0.383 e. The van der Waals surface area contributed by atoms with Crippen LogP contribution >= 0.6 is 0 Å². The summed E-state index contributed by atoms with van der Waals surface area (Å²) in [5, 5.41) is 2.81. The van der Waals surface area contributed by atoms with E-state index in [1.54, 1.807) is 0 Å². The Morgan fingerprint density at radius 1 is 1.69 bits per heavy atom. The maximum atomic E-state index is 11.0. The smallest absolute Gasteiger partial charge is 0.219 e. The van der Waals surface area contributed by atoms with Gasteiger partial charge < -0.3 is 10.1 Å². The van der Waals surface area contributed by atoms with Crippen LogP contribution in [0.4, 0.5) is 0 Å². The van der Waals surface area contributed by atoms with E-state index in [1.165, 1.54) is 0 Å². The van der Waals surface area contributed by atoms with Crippen LogP contribution in [-0.4, -0.2) is 32.4 Å². The molecule has 1 rings (SSSR count). The monoisotopic (exact) mass is 181 g/mol. The normalized spacial score (nSPS) is 33.2. The van der Waals surface area contributed by atoms with Crippen molar-refractivity contribution < 1.29 is 9.53 Å². The van der Waals surface area contributed by atoms with Crippen molar-refractivity contribution in [2.75, 3.05) is 6.54 Å². The van der Waals surface area contributed by atoms with Gasteiger partial charge in [0.15, 0.2) is 0 Å². The van der Waals surface area contributed by atoms with Gasteiger partial charge in [0, 0.05) is 19.0 Å². The average molecular weight is 181 g/mol. The Morgan fingerprint density at radius 3 is 2.85 bits per heavy atom. The molecule has 1 N–H and O–H groups in total. The molecule has 2 radical (unpaired) electrons. The Balaban J connectivity index is 2.25. The number of carbonyl (C=O) groups is 1. The maximum Gasteiger partial charge on any atom is 0.219 e. The predicted octanol–water partition coefficient (Wildman–Crippen LogP) is 0.432. The summed E-state index contributed by atoms with van der Waals surface area (Å²) in [6, 6.07) is -0.154. The van der Waals surface area contributed by atoms with Gasteiger partial charge in [-0.2, -0.15) is 0 Å². The Hall–Kier alpha value is -0.505. The second-order valence-electron chi connectivity index (χ2n) is 3.58. The van der Waals surface area contributed by atoms with E-state index < -0.39 is 0 Å². The fourth-order valence-electron chi connectivity index (χ4n) is 1.52. The van der Waals surface area contributed by atoms with Crippen molar-refractivity contribution in [1.29, 1.82) is 0 Å². The van der Waals surface area contributed by atoms with Gasteiger partial charge in [0.25, 0.3) is 0 Å². The highest BCUT2D eigenvalue weighted by atomic mass is 16.5. The van der Waals surface area contributed by atoms with Crippen LogP contribution in [0.2, 0.25) is 0 Å². The fourth-order valence-corrected chi connectivity index (χ4v) is 1.52. The summed E-state index contributed by atoms with van der Waals surface area (Å²) in [5.74, 6) is 0.503. The zero-order valence-corrected chi connectivity index (χ0v) is 8.25. The first-order valence-electron chi connectivity index (χ1n) is 4.81. The van der Waals surface area contributed by atoms with Crippen LogP contribution in [0.3, 0.4) is 0 Å². The zero-order valence-electron chi connectivity index (χ0n) is 8.25. The first-order valence-corrected chi connectivity index (χ1v) is 4.81. The van der Waals surface area contributed by atoms with E-state index >= 15 is 0 Å². The Morgan fingerprint density at radius 2 is 2.38 bits per heavy atom. The van der Waals surface area contributed by atoms with Gasteiger partial charge in [-0.25, -0.2) is 0 Å². The van der Waals surface area contributed by atoms with Gasteiger partial charge in [0.1, 0.15) is 7.85 Å². The van der Waals surface area contributed by atoms with Gasteiger partial charge in [-0.1, -0.05) is 13.8 Å². The molecule has 1 amide bonds. The lowest BCUT2D eigenvalue weighted by atomic mass is 9.92. The lowest BCUT2D eigenvalue weighted by Crippen LogP contribution is -2.34. The van der Waals surface area contributed by atoms with Crippen LogP contribution in [0.25, 0.3) is 0 Å². The molecular weight excluding hydrogens is 165 g/mol. The Bertz CT molecular complexity index is 186.